The summed E-state index contributed by atoms with van der Waals surface area (Å²) in [5.41, 5.74) is 9.68. The number of rotatable bonds is 1. The second-order valence-corrected chi connectivity index (χ2v) is 4.19. The zero-order valence-electron chi connectivity index (χ0n) is 8.51. The Labute approximate surface area is 88.2 Å². The fourth-order valence-electron chi connectivity index (χ4n) is 2.66. The lowest BCUT2D eigenvalue weighted by atomic mass is 9.97. The van der Waals surface area contributed by atoms with Gasteiger partial charge < -0.3 is 10.5 Å². The molecule has 1 aliphatic carbocycles. The Balaban J connectivity index is 2.29. The van der Waals surface area contributed by atoms with Gasteiger partial charge >= 0.3 is 0 Å². The molecular formula is C12H13NO2. The van der Waals surface area contributed by atoms with E-state index in [9.17, 15) is 4.79 Å². The molecule has 0 saturated carbocycles. The van der Waals surface area contributed by atoms with E-state index in [-0.39, 0.29) is 5.91 Å². The molecule has 1 aromatic rings. The van der Waals surface area contributed by atoms with Gasteiger partial charge in [-0.25, -0.2) is 0 Å². The predicted octanol–water partition coefficient (Wildman–Crippen LogP) is 1.21. The van der Waals surface area contributed by atoms with Crippen LogP contribution in [-0.2, 0) is 19.3 Å². The minimum Gasteiger partial charge on any atom is -0.492 e. The van der Waals surface area contributed by atoms with E-state index in [1.54, 1.807) is 0 Å². The van der Waals surface area contributed by atoms with Gasteiger partial charge in [-0.05, 0) is 36.0 Å². The smallest absolute Gasteiger partial charge is 0.252 e. The van der Waals surface area contributed by atoms with Crippen LogP contribution in [0.25, 0.3) is 0 Å². The van der Waals surface area contributed by atoms with Crippen molar-refractivity contribution in [2.24, 2.45) is 5.73 Å². The van der Waals surface area contributed by atoms with Gasteiger partial charge in [0.1, 0.15) is 5.75 Å². The molecule has 2 aliphatic rings. The number of hydrogen-bond donors (Lipinski definition) is 1. The molecule has 1 aliphatic heterocycles. The number of primary amides is 1. The summed E-state index contributed by atoms with van der Waals surface area (Å²) in [6, 6.07) is 2.19. The van der Waals surface area contributed by atoms with E-state index < -0.39 is 0 Å². The molecule has 0 spiro atoms. The number of fused-ring (bicyclic) bond motifs is 2. The SMILES string of the molecule is NC(=O)c1c2c(cc3c1OCC3)CCC2. The number of carbonyl (C=O) groups is 1. The monoisotopic (exact) mass is 203 g/mol. The molecule has 1 amide bonds. The molecule has 1 heterocycles. The van der Waals surface area contributed by atoms with E-state index in [1.807, 2.05) is 0 Å². The molecule has 78 valence electrons. The van der Waals surface area contributed by atoms with Crippen molar-refractivity contribution in [3.8, 4) is 5.75 Å². The average Bonchev–Trinajstić information content (AvgIpc) is 2.79. The molecule has 0 aromatic heterocycles. The highest BCUT2D eigenvalue weighted by molar-refractivity contribution is 5.98. The van der Waals surface area contributed by atoms with E-state index >= 15 is 0 Å². The molecule has 1 aromatic carbocycles. The van der Waals surface area contributed by atoms with Crippen LogP contribution in [0.15, 0.2) is 6.07 Å². The van der Waals surface area contributed by atoms with Gasteiger partial charge in [0.25, 0.3) is 5.91 Å². The summed E-state index contributed by atoms with van der Waals surface area (Å²) >= 11 is 0. The lowest BCUT2D eigenvalue weighted by Crippen LogP contribution is -2.15. The van der Waals surface area contributed by atoms with Crippen molar-refractivity contribution in [3.05, 3.63) is 28.3 Å². The van der Waals surface area contributed by atoms with Crippen LogP contribution in [0.4, 0.5) is 0 Å². The van der Waals surface area contributed by atoms with Crippen LogP contribution in [0, 0.1) is 0 Å². The Morgan fingerprint density at radius 2 is 2.13 bits per heavy atom. The highest BCUT2D eigenvalue weighted by Gasteiger charge is 2.27. The minimum atomic E-state index is -0.341. The van der Waals surface area contributed by atoms with Crippen LogP contribution in [-0.4, -0.2) is 12.5 Å². The Morgan fingerprint density at radius 1 is 1.27 bits per heavy atom. The highest BCUT2D eigenvalue weighted by Crippen LogP contribution is 2.37. The first-order valence-electron chi connectivity index (χ1n) is 5.37. The predicted molar refractivity (Wildman–Crippen MR) is 56.2 cm³/mol. The second-order valence-electron chi connectivity index (χ2n) is 4.19. The van der Waals surface area contributed by atoms with Crippen molar-refractivity contribution in [3.63, 3.8) is 0 Å². The average molecular weight is 203 g/mol. The number of carbonyl (C=O) groups excluding carboxylic acids is 1. The molecule has 15 heavy (non-hydrogen) atoms. The zero-order chi connectivity index (χ0) is 10.4. The largest absolute Gasteiger partial charge is 0.492 e. The lowest BCUT2D eigenvalue weighted by Gasteiger charge is -2.10. The molecule has 0 radical (unpaired) electrons. The van der Waals surface area contributed by atoms with Gasteiger partial charge in [-0.2, -0.15) is 0 Å². The van der Waals surface area contributed by atoms with Gasteiger partial charge in [0.2, 0.25) is 0 Å². The minimum absolute atomic E-state index is 0.341. The van der Waals surface area contributed by atoms with Crippen LogP contribution in [0.2, 0.25) is 0 Å². The first-order valence-corrected chi connectivity index (χ1v) is 5.37. The maximum Gasteiger partial charge on any atom is 0.252 e. The van der Waals surface area contributed by atoms with Crippen LogP contribution in [0.5, 0.6) is 5.75 Å². The number of hydrogen-bond acceptors (Lipinski definition) is 2. The van der Waals surface area contributed by atoms with Gasteiger partial charge in [-0.15, -0.1) is 0 Å². The molecule has 3 nitrogen and oxygen atoms in total. The summed E-state index contributed by atoms with van der Waals surface area (Å²) in [7, 11) is 0. The van der Waals surface area contributed by atoms with Gasteiger partial charge in [-0.3, -0.25) is 4.79 Å². The maximum absolute atomic E-state index is 11.5. The number of aryl methyl sites for hydroxylation is 1. The molecule has 0 fully saturated rings. The van der Waals surface area contributed by atoms with E-state index in [1.165, 1.54) is 5.56 Å². The Bertz CT molecular complexity index is 419. The fraction of sp³-hybridized carbons (Fsp3) is 0.417. The lowest BCUT2D eigenvalue weighted by molar-refractivity contribution is 0.0996. The second kappa shape index (κ2) is 2.99. The Morgan fingerprint density at radius 3 is 2.93 bits per heavy atom. The number of nitrogens with two attached hydrogens (primary N) is 1. The van der Waals surface area contributed by atoms with Gasteiger partial charge in [0, 0.05) is 6.42 Å². The summed E-state index contributed by atoms with van der Waals surface area (Å²) in [5.74, 6) is 0.412. The summed E-state index contributed by atoms with van der Waals surface area (Å²) in [5, 5.41) is 0. The fourth-order valence-corrected chi connectivity index (χ4v) is 2.66. The molecule has 3 heteroatoms. The summed E-state index contributed by atoms with van der Waals surface area (Å²) < 4.78 is 5.52. The Hall–Kier alpha value is -1.51. The third-order valence-corrected chi connectivity index (χ3v) is 3.29. The number of benzene rings is 1. The van der Waals surface area contributed by atoms with E-state index in [2.05, 4.69) is 6.07 Å². The van der Waals surface area contributed by atoms with Crippen molar-refractivity contribution >= 4 is 5.91 Å². The molecular weight excluding hydrogens is 190 g/mol. The summed E-state index contributed by atoms with van der Waals surface area (Å²) in [4.78, 5) is 11.5. The summed E-state index contributed by atoms with van der Waals surface area (Å²) in [6.45, 7) is 0.679. The van der Waals surface area contributed by atoms with Crippen molar-refractivity contribution in [1.82, 2.24) is 0 Å². The van der Waals surface area contributed by atoms with Crippen molar-refractivity contribution in [1.29, 1.82) is 0 Å². The van der Waals surface area contributed by atoms with E-state index in [4.69, 9.17) is 10.5 Å². The van der Waals surface area contributed by atoms with E-state index in [0.29, 0.717) is 12.2 Å². The normalized spacial score (nSPS) is 17.1. The third-order valence-electron chi connectivity index (χ3n) is 3.29. The van der Waals surface area contributed by atoms with Crippen LogP contribution < -0.4 is 10.5 Å². The van der Waals surface area contributed by atoms with E-state index in [0.717, 1.165) is 42.6 Å². The molecule has 0 atom stereocenters. The third kappa shape index (κ3) is 1.16. The highest BCUT2D eigenvalue weighted by atomic mass is 16.5. The molecule has 0 unspecified atom stereocenters. The number of amides is 1. The molecule has 0 bridgehead atoms. The maximum atomic E-state index is 11.5. The zero-order valence-corrected chi connectivity index (χ0v) is 8.51. The topological polar surface area (TPSA) is 52.3 Å². The van der Waals surface area contributed by atoms with Crippen molar-refractivity contribution < 1.29 is 9.53 Å². The molecule has 2 N–H and O–H groups in total. The number of ether oxygens (including phenoxy) is 1. The first-order chi connectivity index (χ1) is 7.27. The quantitative estimate of drug-likeness (QED) is 0.745. The Kier molecular flexibility index (Phi) is 1.75. The van der Waals surface area contributed by atoms with Crippen LogP contribution in [0.3, 0.4) is 0 Å². The van der Waals surface area contributed by atoms with Gasteiger partial charge in [0.15, 0.2) is 0 Å². The van der Waals surface area contributed by atoms with Gasteiger partial charge in [0.05, 0.1) is 12.2 Å². The molecule has 3 rings (SSSR count). The first kappa shape index (κ1) is 8.77. The summed E-state index contributed by atoms with van der Waals surface area (Å²) in [6.07, 6.45) is 4.06. The van der Waals surface area contributed by atoms with Crippen molar-refractivity contribution in [2.45, 2.75) is 25.7 Å². The molecule has 0 saturated heterocycles. The van der Waals surface area contributed by atoms with Crippen LogP contribution >= 0.6 is 0 Å². The van der Waals surface area contributed by atoms with Crippen LogP contribution in [0.1, 0.15) is 33.5 Å². The standard InChI is InChI=1S/C12H13NO2/c13-12(14)10-9-3-1-2-7(9)6-8-4-5-15-11(8)10/h6H,1-5H2,(H2,13,14). The van der Waals surface area contributed by atoms with Crippen molar-refractivity contribution in [2.75, 3.05) is 6.61 Å². The van der Waals surface area contributed by atoms with Gasteiger partial charge in [-0.1, -0.05) is 6.07 Å².